The van der Waals surface area contributed by atoms with Gasteiger partial charge in [0.2, 0.25) is 0 Å². The van der Waals surface area contributed by atoms with E-state index in [2.05, 4.69) is 31.8 Å². The highest BCUT2D eigenvalue weighted by atomic mass is 32.2. The average Bonchev–Trinajstić information content (AvgIpc) is 2.17. The summed E-state index contributed by atoms with van der Waals surface area (Å²) in [7, 11) is 0. The van der Waals surface area contributed by atoms with Crippen LogP contribution in [-0.4, -0.2) is 10.2 Å². The Hall–Kier alpha value is -0.540. The van der Waals surface area contributed by atoms with E-state index in [1.54, 1.807) is 0 Å². The van der Waals surface area contributed by atoms with Crippen LogP contribution in [0.25, 0.3) is 0 Å². The number of nitrogens with two attached hydrogens (primary N) is 1. The summed E-state index contributed by atoms with van der Waals surface area (Å²) in [6.07, 6.45) is 1.16. The van der Waals surface area contributed by atoms with Crippen molar-refractivity contribution in [2.75, 3.05) is 0 Å². The van der Waals surface area contributed by atoms with Gasteiger partial charge in [0, 0.05) is 23.1 Å². The molecular weight excluding hydrogens is 204 g/mol. The van der Waals surface area contributed by atoms with Crippen molar-refractivity contribution in [3.8, 4) is 0 Å². The van der Waals surface area contributed by atoms with E-state index in [0.717, 1.165) is 17.1 Å². The van der Waals surface area contributed by atoms with Crippen molar-refractivity contribution >= 4 is 11.8 Å². The largest absolute Gasteiger partial charge is 0.326 e. The molecule has 0 bridgehead atoms. The van der Waals surface area contributed by atoms with Crippen molar-refractivity contribution in [2.24, 2.45) is 5.73 Å². The van der Waals surface area contributed by atoms with Gasteiger partial charge in [0.15, 0.2) is 0 Å². The molecule has 0 spiro atoms. The maximum atomic E-state index is 5.77. The van der Waals surface area contributed by atoms with Crippen molar-refractivity contribution in [2.45, 2.75) is 50.9 Å². The van der Waals surface area contributed by atoms with Crippen LogP contribution in [0.5, 0.6) is 0 Å². The first-order valence-corrected chi connectivity index (χ1v) is 6.30. The number of thioether (sulfide) groups is 1. The van der Waals surface area contributed by atoms with Gasteiger partial charge in [0.1, 0.15) is 5.03 Å². The molecule has 0 saturated heterocycles. The van der Waals surface area contributed by atoms with Gasteiger partial charge in [-0.2, -0.15) is 0 Å². The van der Waals surface area contributed by atoms with Crippen LogP contribution in [0.2, 0.25) is 0 Å². The van der Waals surface area contributed by atoms with Gasteiger partial charge in [0.05, 0.1) is 0 Å². The van der Waals surface area contributed by atoms with Gasteiger partial charge < -0.3 is 5.73 Å². The zero-order chi connectivity index (χ0) is 11.4. The molecule has 0 radical (unpaired) electrons. The van der Waals surface area contributed by atoms with Crippen molar-refractivity contribution in [1.82, 2.24) is 4.98 Å². The van der Waals surface area contributed by atoms with E-state index in [4.69, 9.17) is 5.73 Å². The van der Waals surface area contributed by atoms with E-state index >= 15 is 0 Å². The lowest BCUT2D eigenvalue weighted by molar-refractivity contribution is 0.880. The minimum Gasteiger partial charge on any atom is -0.326 e. The third kappa shape index (κ3) is 3.21. The molecule has 0 aromatic carbocycles. The summed E-state index contributed by atoms with van der Waals surface area (Å²) in [6, 6.07) is 2.10. The predicted octanol–water partition coefficient (Wildman–Crippen LogP) is 3.05. The molecule has 0 fully saturated rings. The van der Waals surface area contributed by atoms with Crippen LogP contribution in [-0.2, 0) is 6.54 Å². The fourth-order valence-corrected chi connectivity index (χ4v) is 2.58. The van der Waals surface area contributed by atoms with Gasteiger partial charge in [-0.15, -0.1) is 11.8 Å². The number of rotatable bonds is 4. The van der Waals surface area contributed by atoms with Gasteiger partial charge in [-0.3, -0.25) is 0 Å². The Morgan fingerprint density at radius 1 is 1.47 bits per heavy atom. The first-order valence-electron chi connectivity index (χ1n) is 5.42. The molecule has 3 heteroatoms. The summed E-state index contributed by atoms with van der Waals surface area (Å²) in [5.41, 5.74) is 9.30. The van der Waals surface area contributed by atoms with E-state index in [1.807, 2.05) is 18.7 Å². The molecule has 15 heavy (non-hydrogen) atoms. The first kappa shape index (κ1) is 12.5. The quantitative estimate of drug-likeness (QED) is 0.799. The molecule has 2 nitrogen and oxygen atoms in total. The van der Waals surface area contributed by atoms with E-state index in [1.165, 1.54) is 11.1 Å². The topological polar surface area (TPSA) is 38.9 Å². The normalized spacial score (nSPS) is 12.9. The zero-order valence-corrected chi connectivity index (χ0v) is 10.8. The Morgan fingerprint density at radius 3 is 2.67 bits per heavy atom. The van der Waals surface area contributed by atoms with Gasteiger partial charge in [-0.05, 0) is 31.9 Å². The van der Waals surface area contributed by atoms with Crippen LogP contribution in [0.15, 0.2) is 11.1 Å². The fourth-order valence-electron chi connectivity index (χ4n) is 1.45. The summed E-state index contributed by atoms with van der Waals surface area (Å²) < 4.78 is 0. The molecule has 0 aliphatic rings. The highest BCUT2D eigenvalue weighted by Crippen LogP contribution is 2.28. The molecule has 1 unspecified atom stereocenters. The molecule has 1 aromatic rings. The summed E-state index contributed by atoms with van der Waals surface area (Å²) >= 11 is 1.83. The number of nitrogens with zero attached hydrogens (tertiary/aromatic N) is 1. The first-order chi connectivity index (χ1) is 7.08. The Kier molecular flexibility index (Phi) is 4.61. The molecule has 1 atom stereocenters. The lowest BCUT2D eigenvalue weighted by Crippen LogP contribution is -2.06. The lowest BCUT2D eigenvalue weighted by Gasteiger charge is -2.14. The van der Waals surface area contributed by atoms with E-state index in [0.29, 0.717) is 11.8 Å². The monoisotopic (exact) mass is 224 g/mol. The Morgan fingerprint density at radius 2 is 2.13 bits per heavy atom. The number of hydrogen-bond donors (Lipinski definition) is 1. The van der Waals surface area contributed by atoms with Crippen LogP contribution in [0.4, 0.5) is 0 Å². The fraction of sp³-hybridized carbons (Fsp3) is 0.583. The Bertz CT molecular complexity index is 337. The van der Waals surface area contributed by atoms with Crippen molar-refractivity contribution < 1.29 is 0 Å². The molecule has 2 N–H and O–H groups in total. The van der Waals surface area contributed by atoms with Gasteiger partial charge in [-0.1, -0.05) is 13.8 Å². The molecule has 0 amide bonds. The van der Waals surface area contributed by atoms with Crippen LogP contribution in [0.1, 0.15) is 37.1 Å². The number of hydrogen-bond acceptors (Lipinski definition) is 3. The van der Waals surface area contributed by atoms with Crippen LogP contribution < -0.4 is 5.73 Å². The maximum Gasteiger partial charge on any atom is 0.101 e. The van der Waals surface area contributed by atoms with Crippen LogP contribution >= 0.6 is 11.8 Å². The minimum absolute atomic E-state index is 0.581. The SMILES string of the molecule is CCC(C)Sc1nc(C)cc(C)c1CN. The average molecular weight is 224 g/mol. The third-order valence-corrected chi connectivity index (χ3v) is 3.83. The lowest BCUT2D eigenvalue weighted by atomic mass is 10.1. The third-order valence-electron chi connectivity index (χ3n) is 2.53. The van der Waals surface area contributed by atoms with Crippen LogP contribution in [0.3, 0.4) is 0 Å². The minimum atomic E-state index is 0.581. The zero-order valence-electron chi connectivity index (χ0n) is 10.0. The summed E-state index contributed by atoms with van der Waals surface area (Å²) in [5, 5.41) is 1.72. The molecule has 1 aromatic heterocycles. The second-order valence-electron chi connectivity index (χ2n) is 3.91. The molecule has 1 rings (SSSR count). The molecule has 1 heterocycles. The van der Waals surface area contributed by atoms with Crippen molar-refractivity contribution in [3.05, 3.63) is 22.9 Å². The van der Waals surface area contributed by atoms with Crippen LogP contribution in [0, 0.1) is 13.8 Å². The molecule has 0 aliphatic carbocycles. The highest BCUT2D eigenvalue weighted by Gasteiger charge is 2.10. The second-order valence-corrected chi connectivity index (χ2v) is 5.33. The smallest absolute Gasteiger partial charge is 0.101 e. The molecular formula is C12H20N2S. The highest BCUT2D eigenvalue weighted by molar-refractivity contribution is 7.99. The molecule has 0 aliphatic heterocycles. The summed E-state index contributed by atoms with van der Waals surface area (Å²) in [5.74, 6) is 0. The van der Waals surface area contributed by atoms with Gasteiger partial charge in [0.25, 0.3) is 0 Å². The standard InChI is InChI=1S/C12H20N2S/c1-5-10(4)15-12-11(7-13)8(2)6-9(3)14-12/h6,10H,5,7,13H2,1-4H3. The molecule has 84 valence electrons. The molecule has 0 saturated carbocycles. The number of pyridine rings is 1. The van der Waals surface area contributed by atoms with E-state index in [9.17, 15) is 0 Å². The van der Waals surface area contributed by atoms with E-state index in [-0.39, 0.29) is 0 Å². The van der Waals surface area contributed by atoms with Crippen molar-refractivity contribution in [3.63, 3.8) is 0 Å². The predicted molar refractivity (Wildman–Crippen MR) is 67.2 cm³/mol. The summed E-state index contributed by atoms with van der Waals surface area (Å²) in [6.45, 7) is 9.15. The van der Waals surface area contributed by atoms with Crippen molar-refractivity contribution in [1.29, 1.82) is 0 Å². The Labute approximate surface area is 96.7 Å². The summed E-state index contributed by atoms with van der Waals surface area (Å²) in [4.78, 5) is 4.58. The maximum absolute atomic E-state index is 5.77. The van der Waals surface area contributed by atoms with Gasteiger partial charge >= 0.3 is 0 Å². The number of aryl methyl sites for hydroxylation is 2. The Balaban J connectivity index is 3.03. The van der Waals surface area contributed by atoms with E-state index < -0.39 is 0 Å². The number of aromatic nitrogens is 1. The second kappa shape index (κ2) is 5.52. The van der Waals surface area contributed by atoms with Gasteiger partial charge in [-0.25, -0.2) is 4.98 Å².